The first-order valence-electron chi connectivity index (χ1n) is 3.91. The van der Waals surface area contributed by atoms with Crippen molar-refractivity contribution in [3.8, 4) is 6.07 Å². The van der Waals surface area contributed by atoms with E-state index in [0.29, 0.717) is 6.04 Å². The Hall–Kier alpha value is -0.550. The fourth-order valence-electron chi connectivity index (χ4n) is 1.61. The Kier molecular flexibility index (Phi) is 2.29. The summed E-state index contributed by atoms with van der Waals surface area (Å²) in [6, 6.07) is 2.99. The summed E-state index contributed by atoms with van der Waals surface area (Å²) in [5, 5.41) is 8.62. The molecule has 0 aromatic heterocycles. The summed E-state index contributed by atoms with van der Waals surface area (Å²) in [5.41, 5.74) is 0. The van der Waals surface area contributed by atoms with Crippen LogP contribution in [0.2, 0.25) is 0 Å². The van der Waals surface area contributed by atoms with Gasteiger partial charge in [-0.2, -0.15) is 5.26 Å². The van der Waals surface area contributed by atoms with Crippen molar-refractivity contribution in [2.45, 2.75) is 38.8 Å². The van der Waals surface area contributed by atoms with Crippen LogP contribution in [0.15, 0.2) is 0 Å². The molecule has 0 aromatic rings. The molecule has 0 radical (unpaired) electrons. The van der Waals surface area contributed by atoms with Crippen LogP contribution in [-0.2, 0) is 0 Å². The average molecular weight is 138 g/mol. The van der Waals surface area contributed by atoms with Gasteiger partial charge in [-0.15, -0.1) is 0 Å². The molecule has 10 heavy (non-hydrogen) atoms. The summed E-state index contributed by atoms with van der Waals surface area (Å²) < 4.78 is 0. The second kappa shape index (κ2) is 3.03. The monoisotopic (exact) mass is 138 g/mol. The summed E-state index contributed by atoms with van der Waals surface area (Å²) in [6.07, 6.45) is 2.51. The molecule has 1 heterocycles. The maximum atomic E-state index is 8.62. The van der Waals surface area contributed by atoms with Crippen LogP contribution in [0.25, 0.3) is 0 Å². The van der Waals surface area contributed by atoms with Gasteiger partial charge in [0.15, 0.2) is 0 Å². The highest BCUT2D eigenvalue weighted by Gasteiger charge is 2.24. The molecule has 2 heteroatoms. The molecule has 1 rings (SSSR count). The summed E-state index contributed by atoms with van der Waals surface area (Å²) in [7, 11) is 0. The van der Waals surface area contributed by atoms with E-state index >= 15 is 0 Å². The van der Waals surface area contributed by atoms with E-state index in [9.17, 15) is 0 Å². The van der Waals surface area contributed by atoms with Crippen LogP contribution in [0.4, 0.5) is 0 Å². The first-order valence-corrected chi connectivity index (χ1v) is 3.91. The average Bonchev–Trinajstić information content (AvgIpc) is 2.34. The molecule has 0 bridgehead atoms. The van der Waals surface area contributed by atoms with Crippen molar-refractivity contribution < 1.29 is 0 Å². The molecule has 0 spiro atoms. The Bertz CT molecular complexity index is 148. The molecule has 1 aliphatic rings. The van der Waals surface area contributed by atoms with E-state index in [1.165, 1.54) is 12.8 Å². The Balaban J connectivity index is 2.48. The van der Waals surface area contributed by atoms with Crippen LogP contribution < -0.4 is 0 Å². The predicted octanol–water partition coefficient (Wildman–Crippen LogP) is 1.38. The molecule has 1 saturated heterocycles. The van der Waals surface area contributed by atoms with E-state index in [0.717, 1.165) is 6.54 Å². The molecule has 0 amide bonds. The first-order chi connectivity index (χ1) is 4.75. The lowest BCUT2D eigenvalue weighted by Crippen LogP contribution is -2.34. The van der Waals surface area contributed by atoms with Crippen molar-refractivity contribution >= 4 is 0 Å². The largest absolute Gasteiger partial charge is 0.286 e. The molecular weight excluding hydrogens is 124 g/mol. The predicted molar refractivity (Wildman–Crippen MR) is 40.5 cm³/mol. The molecule has 1 aliphatic heterocycles. The lowest BCUT2D eigenvalue weighted by Gasteiger charge is -2.22. The van der Waals surface area contributed by atoms with E-state index in [1.807, 2.05) is 6.92 Å². The number of hydrogen-bond acceptors (Lipinski definition) is 2. The molecule has 2 atom stereocenters. The fraction of sp³-hybridized carbons (Fsp3) is 0.875. The Morgan fingerprint density at radius 1 is 1.70 bits per heavy atom. The van der Waals surface area contributed by atoms with Crippen molar-refractivity contribution in [1.82, 2.24) is 4.90 Å². The zero-order valence-corrected chi connectivity index (χ0v) is 6.67. The Morgan fingerprint density at radius 2 is 2.40 bits per heavy atom. The van der Waals surface area contributed by atoms with Crippen molar-refractivity contribution in [1.29, 1.82) is 5.26 Å². The fourth-order valence-corrected chi connectivity index (χ4v) is 1.61. The van der Waals surface area contributed by atoms with Crippen LogP contribution in [0.1, 0.15) is 26.7 Å². The number of hydrogen-bond donors (Lipinski definition) is 0. The summed E-state index contributed by atoms with van der Waals surface area (Å²) in [4.78, 5) is 2.26. The Labute approximate surface area is 62.4 Å². The third-order valence-electron chi connectivity index (χ3n) is 2.29. The molecule has 0 aliphatic carbocycles. The van der Waals surface area contributed by atoms with Gasteiger partial charge < -0.3 is 0 Å². The molecular formula is C8H14N2. The van der Waals surface area contributed by atoms with Gasteiger partial charge in [0.2, 0.25) is 0 Å². The van der Waals surface area contributed by atoms with Crippen LogP contribution in [0, 0.1) is 11.3 Å². The SMILES string of the molecule is CC(C#N)N1CCCC1C. The molecule has 2 unspecified atom stereocenters. The zero-order chi connectivity index (χ0) is 7.56. The number of nitriles is 1. The highest BCUT2D eigenvalue weighted by Crippen LogP contribution is 2.18. The maximum absolute atomic E-state index is 8.62. The summed E-state index contributed by atoms with van der Waals surface area (Å²) in [5.74, 6) is 0. The number of likely N-dealkylation sites (tertiary alicyclic amines) is 1. The lowest BCUT2D eigenvalue weighted by molar-refractivity contribution is 0.240. The van der Waals surface area contributed by atoms with Gasteiger partial charge in [-0.25, -0.2) is 0 Å². The standard InChI is InChI=1S/C8H14N2/c1-7-4-3-5-10(7)8(2)6-9/h7-8H,3-5H2,1-2H3. The lowest BCUT2D eigenvalue weighted by atomic mass is 10.2. The number of rotatable bonds is 1. The number of nitrogens with zero attached hydrogens (tertiary/aromatic N) is 2. The third kappa shape index (κ3) is 1.30. The van der Waals surface area contributed by atoms with Gasteiger partial charge in [-0.05, 0) is 33.2 Å². The van der Waals surface area contributed by atoms with Crippen molar-refractivity contribution in [2.75, 3.05) is 6.54 Å². The van der Waals surface area contributed by atoms with E-state index < -0.39 is 0 Å². The van der Waals surface area contributed by atoms with Crippen LogP contribution in [0.3, 0.4) is 0 Å². The van der Waals surface area contributed by atoms with Gasteiger partial charge >= 0.3 is 0 Å². The quantitative estimate of drug-likeness (QED) is 0.547. The van der Waals surface area contributed by atoms with Crippen LogP contribution in [-0.4, -0.2) is 23.5 Å². The molecule has 2 nitrogen and oxygen atoms in total. The second-order valence-corrected chi connectivity index (χ2v) is 3.03. The Morgan fingerprint density at radius 3 is 2.80 bits per heavy atom. The van der Waals surface area contributed by atoms with Gasteiger partial charge in [-0.3, -0.25) is 4.90 Å². The maximum Gasteiger partial charge on any atom is 0.0951 e. The van der Waals surface area contributed by atoms with Crippen LogP contribution >= 0.6 is 0 Å². The van der Waals surface area contributed by atoms with Crippen molar-refractivity contribution in [3.05, 3.63) is 0 Å². The molecule has 0 saturated carbocycles. The normalized spacial score (nSPS) is 29.9. The van der Waals surface area contributed by atoms with Gasteiger partial charge in [0.1, 0.15) is 0 Å². The van der Waals surface area contributed by atoms with Crippen molar-refractivity contribution in [2.24, 2.45) is 0 Å². The molecule has 56 valence electrons. The first kappa shape index (κ1) is 7.56. The highest BCUT2D eigenvalue weighted by molar-refractivity contribution is 4.92. The van der Waals surface area contributed by atoms with Crippen LogP contribution in [0.5, 0.6) is 0 Å². The topological polar surface area (TPSA) is 27.0 Å². The summed E-state index contributed by atoms with van der Waals surface area (Å²) >= 11 is 0. The van der Waals surface area contributed by atoms with E-state index in [4.69, 9.17) is 5.26 Å². The van der Waals surface area contributed by atoms with Gasteiger partial charge in [-0.1, -0.05) is 0 Å². The second-order valence-electron chi connectivity index (χ2n) is 3.03. The minimum atomic E-state index is 0.109. The smallest absolute Gasteiger partial charge is 0.0951 e. The molecule has 0 N–H and O–H groups in total. The third-order valence-corrected chi connectivity index (χ3v) is 2.29. The van der Waals surface area contributed by atoms with E-state index in [2.05, 4.69) is 17.9 Å². The molecule has 0 aromatic carbocycles. The minimum absolute atomic E-state index is 0.109. The summed E-state index contributed by atoms with van der Waals surface area (Å²) in [6.45, 7) is 5.28. The van der Waals surface area contributed by atoms with Gasteiger partial charge in [0, 0.05) is 6.04 Å². The zero-order valence-electron chi connectivity index (χ0n) is 6.67. The van der Waals surface area contributed by atoms with Gasteiger partial charge in [0.25, 0.3) is 0 Å². The minimum Gasteiger partial charge on any atom is -0.286 e. The van der Waals surface area contributed by atoms with Crippen molar-refractivity contribution in [3.63, 3.8) is 0 Å². The van der Waals surface area contributed by atoms with E-state index in [1.54, 1.807) is 0 Å². The highest BCUT2D eigenvalue weighted by atomic mass is 15.2. The van der Waals surface area contributed by atoms with E-state index in [-0.39, 0.29) is 6.04 Å². The van der Waals surface area contributed by atoms with Gasteiger partial charge in [0.05, 0.1) is 12.1 Å². The molecule has 1 fully saturated rings.